The molecule has 33 heavy (non-hydrogen) atoms. The lowest BCUT2D eigenvalue weighted by Crippen LogP contribution is -2.23. The van der Waals surface area contributed by atoms with Gasteiger partial charge in [-0.2, -0.15) is 18.3 Å². The summed E-state index contributed by atoms with van der Waals surface area (Å²) in [6, 6.07) is 7.48. The molecule has 1 amide bonds. The number of ether oxygens (including phenoxy) is 3. The van der Waals surface area contributed by atoms with Crippen molar-refractivity contribution < 1.29 is 37.0 Å². The second kappa shape index (κ2) is 8.49. The molecule has 3 aromatic rings. The fourth-order valence-corrected chi connectivity index (χ4v) is 3.61. The van der Waals surface area contributed by atoms with Crippen molar-refractivity contribution in [3.05, 3.63) is 64.8 Å². The van der Waals surface area contributed by atoms with E-state index >= 15 is 0 Å². The Kier molecular flexibility index (Phi) is 5.71. The molecule has 4 rings (SSSR count). The fourth-order valence-electron chi connectivity index (χ4n) is 3.61. The van der Waals surface area contributed by atoms with E-state index in [4.69, 9.17) is 9.47 Å². The van der Waals surface area contributed by atoms with Crippen LogP contribution in [0.25, 0.3) is 0 Å². The van der Waals surface area contributed by atoms with Crippen LogP contribution in [0.15, 0.2) is 42.6 Å². The Morgan fingerprint density at radius 2 is 1.91 bits per heavy atom. The molecule has 172 valence electrons. The molecule has 1 aliphatic rings. The first-order valence-electron chi connectivity index (χ1n) is 9.69. The number of nitrogens with zero attached hydrogens (tertiary/aromatic N) is 1. The number of H-pyrrole nitrogens is 1. The topological polar surface area (TPSA) is 103 Å². The Hall–Kier alpha value is -4.02. The van der Waals surface area contributed by atoms with Crippen LogP contribution in [0.5, 0.6) is 17.2 Å². The fraction of sp³-hybridized carbons (Fsp3) is 0.227. The molecule has 2 heterocycles. The van der Waals surface area contributed by atoms with Gasteiger partial charge in [0.15, 0.2) is 17.3 Å². The van der Waals surface area contributed by atoms with E-state index in [1.807, 2.05) is 0 Å². The quantitative estimate of drug-likeness (QED) is 0.543. The number of benzene rings is 2. The van der Waals surface area contributed by atoms with Crippen LogP contribution in [0.2, 0.25) is 0 Å². The summed E-state index contributed by atoms with van der Waals surface area (Å²) >= 11 is 0. The van der Waals surface area contributed by atoms with Crippen molar-refractivity contribution >= 4 is 17.7 Å². The second-order valence-electron chi connectivity index (χ2n) is 7.24. The highest BCUT2D eigenvalue weighted by atomic mass is 19.4. The van der Waals surface area contributed by atoms with Gasteiger partial charge in [-0.25, -0.2) is 4.79 Å². The first-order valence-corrected chi connectivity index (χ1v) is 9.69. The molecule has 1 unspecified atom stereocenters. The third-order valence-electron chi connectivity index (χ3n) is 5.17. The lowest BCUT2D eigenvalue weighted by atomic mass is 9.87. The molecule has 2 N–H and O–H groups in total. The number of hydrogen-bond acceptors (Lipinski definition) is 6. The minimum Gasteiger partial charge on any atom is -0.493 e. The van der Waals surface area contributed by atoms with Gasteiger partial charge in [-0.1, -0.05) is 6.07 Å². The first-order chi connectivity index (χ1) is 15.7. The smallest absolute Gasteiger partial charge is 0.416 e. The van der Waals surface area contributed by atoms with Gasteiger partial charge >= 0.3 is 12.1 Å². The molecule has 0 saturated carbocycles. The number of hydrogen-bond donors (Lipinski definition) is 2. The maximum Gasteiger partial charge on any atom is 0.416 e. The van der Waals surface area contributed by atoms with Gasteiger partial charge in [0.2, 0.25) is 5.91 Å². The van der Waals surface area contributed by atoms with Crippen LogP contribution in [-0.2, 0) is 15.7 Å². The molecule has 0 saturated heterocycles. The lowest BCUT2D eigenvalue weighted by Gasteiger charge is -2.23. The molecule has 1 aliphatic heterocycles. The van der Waals surface area contributed by atoms with Crippen LogP contribution in [0, 0.1) is 0 Å². The third-order valence-corrected chi connectivity index (χ3v) is 5.17. The van der Waals surface area contributed by atoms with E-state index in [0.29, 0.717) is 11.9 Å². The summed E-state index contributed by atoms with van der Waals surface area (Å²) in [6.45, 7) is 0. The Labute approximate surface area is 185 Å². The van der Waals surface area contributed by atoms with E-state index in [9.17, 15) is 22.8 Å². The van der Waals surface area contributed by atoms with Crippen LogP contribution in [-0.4, -0.2) is 36.3 Å². The summed E-state index contributed by atoms with van der Waals surface area (Å²) in [7, 11) is 2.46. The Balaban J connectivity index is 1.69. The van der Waals surface area contributed by atoms with Gasteiger partial charge in [-0.3, -0.25) is 9.89 Å². The SMILES string of the molecule is COC(=O)c1cc(Oc2ccc(C3CC(=O)Nc4n[nH]cc43)cc2OC)cc(C(F)(F)F)c1. The lowest BCUT2D eigenvalue weighted by molar-refractivity contribution is -0.137. The number of anilines is 1. The molecular weight excluding hydrogens is 443 g/mol. The average molecular weight is 461 g/mol. The Morgan fingerprint density at radius 1 is 1.12 bits per heavy atom. The molecule has 11 heteroatoms. The van der Waals surface area contributed by atoms with Crippen molar-refractivity contribution in [1.82, 2.24) is 10.2 Å². The van der Waals surface area contributed by atoms with Crippen molar-refractivity contribution in [2.75, 3.05) is 19.5 Å². The number of aromatic nitrogens is 2. The zero-order valence-electron chi connectivity index (χ0n) is 17.4. The van der Waals surface area contributed by atoms with Gasteiger partial charge in [0.1, 0.15) is 5.75 Å². The molecule has 0 spiro atoms. The molecule has 0 radical (unpaired) electrons. The van der Waals surface area contributed by atoms with Gasteiger partial charge in [0.05, 0.1) is 25.3 Å². The molecule has 1 atom stereocenters. The summed E-state index contributed by atoms with van der Waals surface area (Å²) in [5.74, 6) is -0.835. The van der Waals surface area contributed by atoms with E-state index in [0.717, 1.165) is 30.4 Å². The van der Waals surface area contributed by atoms with Crippen LogP contribution in [0.4, 0.5) is 19.0 Å². The number of aromatic amines is 1. The van der Waals surface area contributed by atoms with Crippen LogP contribution >= 0.6 is 0 Å². The number of rotatable bonds is 5. The number of fused-ring (bicyclic) bond motifs is 1. The highest BCUT2D eigenvalue weighted by Crippen LogP contribution is 2.41. The molecule has 0 bridgehead atoms. The van der Waals surface area contributed by atoms with Gasteiger partial charge in [0.25, 0.3) is 0 Å². The molecule has 0 fully saturated rings. The highest BCUT2D eigenvalue weighted by Gasteiger charge is 2.33. The average Bonchev–Trinajstić information content (AvgIpc) is 3.25. The van der Waals surface area contributed by atoms with Crippen molar-refractivity contribution in [2.45, 2.75) is 18.5 Å². The van der Waals surface area contributed by atoms with Gasteiger partial charge in [-0.05, 0) is 35.9 Å². The molecular formula is C22H18F3N3O5. The molecule has 1 aromatic heterocycles. The maximum atomic E-state index is 13.3. The van der Waals surface area contributed by atoms with E-state index in [1.54, 1.807) is 18.3 Å². The summed E-state index contributed by atoms with van der Waals surface area (Å²) in [5, 5.41) is 9.42. The Bertz CT molecular complexity index is 1220. The number of halogens is 3. The van der Waals surface area contributed by atoms with Gasteiger partial charge in [0, 0.05) is 24.1 Å². The van der Waals surface area contributed by atoms with Crippen LogP contribution in [0.3, 0.4) is 0 Å². The maximum absolute atomic E-state index is 13.3. The summed E-state index contributed by atoms with van der Waals surface area (Å²) in [4.78, 5) is 23.9. The molecule has 8 nitrogen and oxygen atoms in total. The highest BCUT2D eigenvalue weighted by molar-refractivity contribution is 5.94. The van der Waals surface area contributed by atoms with E-state index in [2.05, 4.69) is 20.3 Å². The number of esters is 1. The summed E-state index contributed by atoms with van der Waals surface area (Å²) in [6.07, 6.45) is -2.82. The number of amides is 1. The van der Waals surface area contributed by atoms with Gasteiger partial charge in [-0.15, -0.1) is 0 Å². The molecule has 0 aliphatic carbocycles. The number of carbonyl (C=O) groups excluding carboxylic acids is 2. The Morgan fingerprint density at radius 3 is 2.61 bits per heavy atom. The van der Waals surface area contributed by atoms with Crippen LogP contribution < -0.4 is 14.8 Å². The first kappa shape index (κ1) is 22.2. The predicted octanol–water partition coefficient (Wildman–Crippen LogP) is 4.49. The number of nitrogens with one attached hydrogen (secondary N) is 2. The van der Waals surface area contributed by atoms with Gasteiger partial charge < -0.3 is 19.5 Å². The number of methoxy groups -OCH3 is 2. The van der Waals surface area contributed by atoms with E-state index in [-0.39, 0.29) is 41.1 Å². The standard InChI is InChI=1S/C22H18F3N3O5/c1-31-18-7-11(15-9-19(29)27-20-16(15)10-26-28-20)3-4-17(18)33-14-6-12(21(30)32-2)5-13(8-14)22(23,24)25/h3-8,10,15H,9H2,1-2H3,(H2,26,27,28,29). The van der Waals surface area contributed by atoms with Crippen LogP contribution in [0.1, 0.15) is 39.4 Å². The summed E-state index contributed by atoms with van der Waals surface area (Å²) < 4.78 is 55.5. The predicted molar refractivity (Wildman–Crippen MR) is 110 cm³/mol. The van der Waals surface area contributed by atoms with E-state index in [1.165, 1.54) is 13.2 Å². The molecule has 2 aromatic carbocycles. The second-order valence-corrected chi connectivity index (χ2v) is 7.24. The monoisotopic (exact) mass is 461 g/mol. The minimum absolute atomic E-state index is 0.129. The van der Waals surface area contributed by atoms with Crippen molar-refractivity contribution in [1.29, 1.82) is 0 Å². The largest absolute Gasteiger partial charge is 0.493 e. The zero-order valence-corrected chi connectivity index (χ0v) is 17.4. The van der Waals surface area contributed by atoms with E-state index < -0.39 is 17.7 Å². The normalized spacial score (nSPS) is 15.4. The van der Waals surface area contributed by atoms with Crippen molar-refractivity contribution in [2.24, 2.45) is 0 Å². The third kappa shape index (κ3) is 4.47. The van der Waals surface area contributed by atoms with Crippen molar-refractivity contribution in [3.8, 4) is 17.2 Å². The number of carbonyl (C=O) groups is 2. The zero-order chi connectivity index (χ0) is 23.8. The number of alkyl halides is 3. The van der Waals surface area contributed by atoms with Crippen molar-refractivity contribution in [3.63, 3.8) is 0 Å². The summed E-state index contributed by atoms with van der Waals surface area (Å²) in [5.41, 5.74) is 0.164. The minimum atomic E-state index is -4.69.